The highest BCUT2D eigenvalue weighted by atomic mass is 79.9. The van der Waals surface area contributed by atoms with Gasteiger partial charge in [0.25, 0.3) is 5.91 Å². The molecule has 1 saturated heterocycles. The molecule has 1 fully saturated rings. The molecule has 5 nitrogen and oxygen atoms in total. The van der Waals surface area contributed by atoms with Crippen LogP contribution >= 0.6 is 15.9 Å². The smallest absolute Gasteiger partial charge is 0.252 e. The molecule has 1 aromatic heterocycles. The van der Waals surface area contributed by atoms with Crippen LogP contribution in [-0.2, 0) is 11.3 Å². The van der Waals surface area contributed by atoms with Gasteiger partial charge in [-0.2, -0.15) is 0 Å². The summed E-state index contributed by atoms with van der Waals surface area (Å²) in [6, 6.07) is 11.3. The molecule has 1 N–H and O–H groups in total. The maximum Gasteiger partial charge on any atom is 0.252 e. The first-order valence-electron chi connectivity index (χ1n) is 7.54. The largest absolute Gasteiger partial charge is 0.378 e. The molecule has 2 aromatic rings. The second-order valence-corrected chi connectivity index (χ2v) is 6.14. The van der Waals surface area contributed by atoms with Crippen molar-refractivity contribution in [2.45, 2.75) is 6.54 Å². The predicted molar refractivity (Wildman–Crippen MR) is 92.6 cm³/mol. The number of amides is 1. The van der Waals surface area contributed by atoms with Crippen LogP contribution in [0.15, 0.2) is 47.1 Å². The number of carbonyl (C=O) groups is 1. The van der Waals surface area contributed by atoms with E-state index in [0.717, 1.165) is 42.2 Å². The molecule has 6 heteroatoms. The number of rotatable bonds is 4. The van der Waals surface area contributed by atoms with E-state index in [9.17, 15) is 4.79 Å². The molecule has 1 amide bonds. The van der Waals surface area contributed by atoms with Gasteiger partial charge in [0.1, 0.15) is 5.82 Å². The van der Waals surface area contributed by atoms with Crippen LogP contribution < -0.4 is 10.2 Å². The van der Waals surface area contributed by atoms with Crippen molar-refractivity contribution in [3.63, 3.8) is 0 Å². The van der Waals surface area contributed by atoms with Crippen LogP contribution in [0, 0.1) is 0 Å². The van der Waals surface area contributed by atoms with E-state index in [1.165, 1.54) is 0 Å². The monoisotopic (exact) mass is 375 g/mol. The summed E-state index contributed by atoms with van der Waals surface area (Å²) in [7, 11) is 0. The van der Waals surface area contributed by atoms with Crippen LogP contribution in [0.5, 0.6) is 0 Å². The second-order valence-electron chi connectivity index (χ2n) is 5.28. The van der Waals surface area contributed by atoms with Crippen LogP contribution in [-0.4, -0.2) is 37.2 Å². The number of aromatic nitrogens is 1. The van der Waals surface area contributed by atoms with Gasteiger partial charge in [0.2, 0.25) is 0 Å². The van der Waals surface area contributed by atoms with E-state index in [2.05, 4.69) is 31.1 Å². The zero-order valence-corrected chi connectivity index (χ0v) is 14.3. The van der Waals surface area contributed by atoms with Gasteiger partial charge in [0.05, 0.1) is 18.8 Å². The first-order valence-corrected chi connectivity index (χ1v) is 8.34. The predicted octanol–water partition coefficient (Wildman–Crippen LogP) is 2.61. The molecule has 1 aromatic carbocycles. The lowest BCUT2D eigenvalue weighted by atomic mass is 10.2. The number of halogens is 1. The standard InChI is InChI=1S/C17H18BrN3O2/c18-15-4-2-1-3-14(15)17(22)20-12-13-5-6-19-16(11-13)21-7-9-23-10-8-21/h1-6,11H,7-10,12H2,(H,20,22). The Bertz CT molecular complexity index is 687. The van der Waals surface area contributed by atoms with Crippen molar-refractivity contribution in [1.82, 2.24) is 10.3 Å². The number of nitrogens with one attached hydrogen (secondary N) is 1. The van der Waals surface area contributed by atoms with Crippen molar-refractivity contribution >= 4 is 27.7 Å². The highest BCUT2D eigenvalue weighted by Gasteiger charge is 2.13. The number of morpholine rings is 1. The summed E-state index contributed by atoms with van der Waals surface area (Å²) < 4.78 is 6.15. The molecule has 0 spiro atoms. The van der Waals surface area contributed by atoms with E-state index < -0.39 is 0 Å². The number of ether oxygens (including phenoxy) is 1. The summed E-state index contributed by atoms with van der Waals surface area (Å²) in [5, 5.41) is 2.95. The van der Waals surface area contributed by atoms with Gasteiger partial charge >= 0.3 is 0 Å². The number of benzene rings is 1. The maximum absolute atomic E-state index is 12.2. The van der Waals surface area contributed by atoms with Crippen molar-refractivity contribution < 1.29 is 9.53 Å². The van der Waals surface area contributed by atoms with Gasteiger partial charge in [0.15, 0.2) is 0 Å². The first kappa shape index (κ1) is 16.0. The molecule has 1 aliphatic rings. The molecule has 0 unspecified atom stereocenters. The van der Waals surface area contributed by atoms with Crippen molar-refractivity contribution in [2.75, 3.05) is 31.2 Å². The fourth-order valence-corrected chi connectivity index (χ4v) is 2.92. The lowest BCUT2D eigenvalue weighted by Crippen LogP contribution is -2.36. The van der Waals surface area contributed by atoms with E-state index in [1.54, 1.807) is 12.3 Å². The van der Waals surface area contributed by atoms with E-state index >= 15 is 0 Å². The minimum Gasteiger partial charge on any atom is -0.378 e. The van der Waals surface area contributed by atoms with Crippen LogP contribution in [0.4, 0.5) is 5.82 Å². The first-order chi connectivity index (χ1) is 11.2. The molecule has 3 rings (SSSR count). The van der Waals surface area contributed by atoms with E-state index in [4.69, 9.17) is 4.74 Å². The average Bonchev–Trinajstić information content (AvgIpc) is 2.61. The van der Waals surface area contributed by atoms with Crippen molar-refractivity contribution in [3.05, 3.63) is 58.2 Å². The maximum atomic E-state index is 12.2. The Hall–Kier alpha value is -1.92. The second kappa shape index (κ2) is 7.57. The third kappa shape index (κ3) is 4.09. The minimum atomic E-state index is -0.0952. The van der Waals surface area contributed by atoms with Crippen LogP contribution in [0.3, 0.4) is 0 Å². The highest BCUT2D eigenvalue weighted by Crippen LogP contribution is 2.17. The van der Waals surface area contributed by atoms with Gasteiger partial charge in [-0.25, -0.2) is 4.98 Å². The van der Waals surface area contributed by atoms with Crippen molar-refractivity contribution in [2.24, 2.45) is 0 Å². The number of anilines is 1. The molecule has 23 heavy (non-hydrogen) atoms. The highest BCUT2D eigenvalue weighted by molar-refractivity contribution is 9.10. The molecule has 120 valence electrons. The number of hydrogen-bond donors (Lipinski definition) is 1. The molecule has 0 saturated carbocycles. The fraction of sp³-hybridized carbons (Fsp3) is 0.294. The Labute approximate surface area is 143 Å². The zero-order chi connectivity index (χ0) is 16.1. The molecule has 0 aliphatic carbocycles. The van der Waals surface area contributed by atoms with E-state index in [1.807, 2.05) is 30.3 Å². The normalized spacial score (nSPS) is 14.6. The third-order valence-electron chi connectivity index (χ3n) is 3.72. The SMILES string of the molecule is O=C(NCc1ccnc(N2CCOCC2)c1)c1ccccc1Br. The number of hydrogen-bond acceptors (Lipinski definition) is 4. The molecule has 0 radical (unpaired) electrons. The number of carbonyl (C=O) groups excluding carboxylic acids is 1. The average molecular weight is 376 g/mol. The molecule has 0 atom stereocenters. The summed E-state index contributed by atoms with van der Waals surface area (Å²) in [5.41, 5.74) is 1.66. The summed E-state index contributed by atoms with van der Waals surface area (Å²) in [4.78, 5) is 18.9. The summed E-state index contributed by atoms with van der Waals surface area (Å²) in [6.07, 6.45) is 1.78. The number of nitrogens with zero attached hydrogens (tertiary/aromatic N) is 2. The topological polar surface area (TPSA) is 54.5 Å². The quantitative estimate of drug-likeness (QED) is 0.892. The van der Waals surface area contributed by atoms with E-state index in [-0.39, 0.29) is 5.91 Å². The molecular formula is C17H18BrN3O2. The van der Waals surface area contributed by atoms with Crippen molar-refractivity contribution in [1.29, 1.82) is 0 Å². The van der Waals surface area contributed by atoms with Crippen LogP contribution in [0.2, 0.25) is 0 Å². The molecule has 2 heterocycles. The van der Waals surface area contributed by atoms with Crippen molar-refractivity contribution in [3.8, 4) is 0 Å². The summed E-state index contributed by atoms with van der Waals surface area (Å²) >= 11 is 3.40. The van der Waals surface area contributed by atoms with E-state index in [0.29, 0.717) is 12.1 Å². The van der Waals surface area contributed by atoms with Gasteiger partial charge in [-0.1, -0.05) is 12.1 Å². The third-order valence-corrected chi connectivity index (χ3v) is 4.41. The molecular weight excluding hydrogens is 358 g/mol. The number of pyridine rings is 1. The Balaban J connectivity index is 1.64. The Morgan fingerprint density at radius 3 is 2.83 bits per heavy atom. The Morgan fingerprint density at radius 2 is 2.04 bits per heavy atom. The van der Waals surface area contributed by atoms with Gasteiger partial charge in [-0.15, -0.1) is 0 Å². The molecule has 1 aliphatic heterocycles. The van der Waals surface area contributed by atoms with Crippen LogP contribution in [0.25, 0.3) is 0 Å². The fourth-order valence-electron chi connectivity index (χ4n) is 2.46. The lowest BCUT2D eigenvalue weighted by Gasteiger charge is -2.28. The lowest BCUT2D eigenvalue weighted by molar-refractivity contribution is 0.0950. The van der Waals surface area contributed by atoms with Crippen LogP contribution in [0.1, 0.15) is 15.9 Å². The van der Waals surface area contributed by atoms with Gasteiger partial charge < -0.3 is 15.0 Å². The minimum absolute atomic E-state index is 0.0952. The van der Waals surface area contributed by atoms with Gasteiger partial charge in [-0.3, -0.25) is 4.79 Å². The Morgan fingerprint density at radius 1 is 1.26 bits per heavy atom. The van der Waals surface area contributed by atoms with Gasteiger partial charge in [-0.05, 0) is 45.8 Å². The molecule has 0 bridgehead atoms. The zero-order valence-electron chi connectivity index (χ0n) is 12.7. The van der Waals surface area contributed by atoms with Gasteiger partial charge in [0, 0.05) is 30.3 Å². The Kier molecular flexibility index (Phi) is 5.25. The summed E-state index contributed by atoms with van der Waals surface area (Å²) in [5.74, 6) is 0.836. The summed E-state index contributed by atoms with van der Waals surface area (Å²) in [6.45, 7) is 3.62.